The van der Waals surface area contributed by atoms with Crippen molar-refractivity contribution in [2.75, 3.05) is 26.7 Å². The molecule has 18 heavy (non-hydrogen) atoms. The van der Waals surface area contributed by atoms with E-state index in [1.165, 1.54) is 25.8 Å². The normalized spacial score (nSPS) is 29.3. The molecule has 0 radical (unpaired) electrons. The summed E-state index contributed by atoms with van der Waals surface area (Å²) in [6, 6.07) is 4.83. The van der Waals surface area contributed by atoms with Gasteiger partial charge in [0.15, 0.2) is 0 Å². The summed E-state index contributed by atoms with van der Waals surface area (Å²) in [5.74, 6) is 1.02. The van der Waals surface area contributed by atoms with Crippen LogP contribution in [-0.4, -0.2) is 48.1 Å². The molecule has 2 N–H and O–H groups in total. The van der Waals surface area contributed by atoms with Gasteiger partial charge in [-0.2, -0.15) is 0 Å². The van der Waals surface area contributed by atoms with Crippen LogP contribution in [0, 0.1) is 0 Å². The highest BCUT2D eigenvalue weighted by Crippen LogP contribution is 2.35. The molecule has 1 saturated carbocycles. The second-order valence-electron chi connectivity index (χ2n) is 5.82. The van der Waals surface area contributed by atoms with E-state index >= 15 is 0 Å². The van der Waals surface area contributed by atoms with Crippen LogP contribution in [0.1, 0.15) is 25.0 Å². The molecule has 1 aromatic heterocycles. The maximum atomic E-state index is 6.08. The fourth-order valence-electron chi connectivity index (χ4n) is 3.08. The molecule has 1 saturated heterocycles. The molecule has 4 heteroatoms. The second kappa shape index (κ2) is 4.68. The molecule has 0 bridgehead atoms. The van der Waals surface area contributed by atoms with Crippen LogP contribution in [0.5, 0.6) is 0 Å². The molecule has 0 amide bonds. The van der Waals surface area contributed by atoms with Gasteiger partial charge in [-0.25, -0.2) is 0 Å². The number of rotatable bonds is 5. The zero-order chi connectivity index (χ0) is 12.6. The Labute approximate surface area is 109 Å². The van der Waals surface area contributed by atoms with E-state index in [4.69, 9.17) is 10.2 Å². The quantitative estimate of drug-likeness (QED) is 0.854. The molecular weight excluding hydrogens is 226 g/mol. The van der Waals surface area contributed by atoms with E-state index in [0.717, 1.165) is 31.4 Å². The highest BCUT2D eigenvalue weighted by molar-refractivity contribution is 5.05. The van der Waals surface area contributed by atoms with Crippen LogP contribution in [0.15, 0.2) is 22.8 Å². The van der Waals surface area contributed by atoms with Gasteiger partial charge in [-0.15, -0.1) is 0 Å². The number of furan rings is 1. The summed E-state index contributed by atoms with van der Waals surface area (Å²) < 4.78 is 5.44. The summed E-state index contributed by atoms with van der Waals surface area (Å²) in [5, 5.41) is 0. The van der Waals surface area contributed by atoms with Crippen molar-refractivity contribution >= 4 is 0 Å². The standard InChI is InChI=1S/C14H23N3O/c1-16(9-13-3-2-8-18-13)14(10-15)6-7-17(11-14)12-4-5-12/h2-3,8,12H,4-7,9-11,15H2,1H3. The Bertz CT molecular complexity index is 388. The number of nitrogens with two attached hydrogens (primary N) is 1. The number of likely N-dealkylation sites (tertiary alicyclic amines) is 1. The van der Waals surface area contributed by atoms with Crippen molar-refractivity contribution in [2.24, 2.45) is 5.73 Å². The summed E-state index contributed by atoms with van der Waals surface area (Å²) in [6.45, 7) is 3.89. The van der Waals surface area contributed by atoms with Crippen LogP contribution in [0.2, 0.25) is 0 Å². The number of hydrogen-bond donors (Lipinski definition) is 1. The van der Waals surface area contributed by atoms with Gasteiger partial charge in [-0.3, -0.25) is 9.80 Å². The lowest BCUT2D eigenvalue weighted by molar-refractivity contribution is 0.112. The molecule has 4 nitrogen and oxygen atoms in total. The lowest BCUT2D eigenvalue weighted by Gasteiger charge is -2.37. The molecular formula is C14H23N3O. The average molecular weight is 249 g/mol. The van der Waals surface area contributed by atoms with Gasteiger partial charge in [0.2, 0.25) is 0 Å². The Hall–Kier alpha value is -0.840. The lowest BCUT2D eigenvalue weighted by Crippen LogP contribution is -2.53. The second-order valence-corrected chi connectivity index (χ2v) is 5.82. The van der Waals surface area contributed by atoms with E-state index in [2.05, 4.69) is 16.8 Å². The molecule has 0 spiro atoms. The van der Waals surface area contributed by atoms with E-state index in [0.29, 0.717) is 0 Å². The Balaban J connectivity index is 1.67. The van der Waals surface area contributed by atoms with Crippen molar-refractivity contribution in [1.82, 2.24) is 9.80 Å². The number of nitrogens with zero attached hydrogens (tertiary/aromatic N) is 2. The first-order chi connectivity index (χ1) is 8.73. The molecule has 1 atom stereocenters. The van der Waals surface area contributed by atoms with E-state index in [1.807, 2.05) is 12.1 Å². The summed E-state index contributed by atoms with van der Waals surface area (Å²) in [7, 11) is 2.17. The number of likely N-dealkylation sites (N-methyl/N-ethyl adjacent to an activating group) is 1. The third-order valence-corrected chi connectivity index (χ3v) is 4.59. The van der Waals surface area contributed by atoms with Crippen molar-refractivity contribution < 1.29 is 4.42 Å². The maximum absolute atomic E-state index is 6.08. The van der Waals surface area contributed by atoms with Crippen LogP contribution >= 0.6 is 0 Å². The molecule has 100 valence electrons. The van der Waals surface area contributed by atoms with Gasteiger partial charge in [-0.1, -0.05) is 0 Å². The smallest absolute Gasteiger partial charge is 0.117 e. The lowest BCUT2D eigenvalue weighted by atomic mass is 9.96. The predicted octanol–water partition coefficient (Wildman–Crippen LogP) is 1.28. The van der Waals surface area contributed by atoms with Crippen LogP contribution in [0.25, 0.3) is 0 Å². The minimum absolute atomic E-state index is 0.134. The average Bonchev–Trinajstić information content (AvgIpc) is 2.93. The van der Waals surface area contributed by atoms with E-state index in [9.17, 15) is 0 Å². The highest BCUT2D eigenvalue weighted by Gasteiger charge is 2.44. The predicted molar refractivity (Wildman–Crippen MR) is 71.2 cm³/mol. The molecule has 1 aromatic rings. The van der Waals surface area contributed by atoms with E-state index < -0.39 is 0 Å². The maximum Gasteiger partial charge on any atom is 0.117 e. The summed E-state index contributed by atoms with van der Waals surface area (Å²) in [4.78, 5) is 5.00. The van der Waals surface area contributed by atoms with Crippen molar-refractivity contribution in [3.05, 3.63) is 24.2 Å². The van der Waals surface area contributed by atoms with Gasteiger partial charge in [0.25, 0.3) is 0 Å². The van der Waals surface area contributed by atoms with Crippen molar-refractivity contribution in [2.45, 2.75) is 37.4 Å². The highest BCUT2D eigenvalue weighted by atomic mass is 16.3. The van der Waals surface area contributed by atoms with E-state index in [1.54, 1.807) is 6.26 Å². The number of hydrogen-bond acceptors (Lipinski definition) is 4. The van der Waals surface area contributed by atoms with Crippen LogP contribution in [0.4, 0.5) is 0 Å². The molecule has 3 rings (SSSR count). The first kappa shape index (κ1) is 12.2. The van der Waals surface area contributed by atoms with Gasteiger partial charge >= 0.3 is 0 Å². The van der Waals surface area contributed by atoms with Crippen molar-refractivity contribution in [3.63, 3.8) is 0 Å². The van der Waals surface area contributed by atoms with Gasteiger partial charge < -0.3 is 10.2 Å². The Morgan fingerprint density at radius 1 is 1.56 bits per heavy atom. The summed E-state index contributed by atoms with van der Waals surface area (Å²) >= 11 is 0. The van der Waals surface area contributed by atoms with Crippen LogP contribution in [-0.2, 0) is 6.54 Å². The SMILES string of the molecule is CN(Cc1ccco1)C1(CN)CCN(C2CC2)C1. The molecule has 1 aliphatic carbocycles. The molecule has 2 fully saturated rings. The van der Waals surface area contributed by atoms with Gasteiger partial charge in [0, 0.05) is 31.2 Å². The third-order valence-electron chi connectivity index (χ3n) is 4.59. The Morgan fingerprint density at radius 2 is 2.39 bits per heavy atom. The fourth-order valence-corrected chi connectivity index (χ4v) is 3.08. The Morgan fingerprint density at radius 3 is 3.00 bits per heavy atom. The molecule has 1 unspecified atom stereocenters. The monoisotopic (exact) mass is 249 g/mol. The minimum atomic E-state index is 0.134. The minimum Gasteiger partial charge on any atom is -0.468 e. The molecule has 2 heterocycles. The molecule has 0 aromatic carbocycles. The van der Waals surface area contributed by atoms with Gasteiger partial charge in [0.05, 0.1) is 12.8 Å². The van der Waals surface area contributed by atoms with Crippen LogP contribution < -0.4 is 5.73 Å². The Kier molecular flexibility index (Phi) is 3.18. The first-order valence-electron chi connectivity index (χ1n) is 6.91. The van der Waals surface area contributed by atoms with Crippen molar-refractivity contribution in [3.8, 4) is 0 Å². The zero-order valence-electron chi connectivity index (χ0n) is 11.1. The largest absolute Gasteiger partial charge is 0.468 e. The third kappa shape index (κ3) is 2.20. The zero-order valence-corrected chi connectivity index (χ0v) is 11.1. The fraction of sp³-hybridized carbons (Fsp3) is 0.714. The van der Waals surface area contributed by atoms with Gasteiger partial charge in [-0.05, 0) is 38.4 Å². The van der Waals surface area contributed by atoms with E-state index in [-0.39, 0.29) is 5.54 Å². The first-order valence-corrected chi connectivity index (χ1v) is 6.91. The topological polar surface area (TPSA) is 45.6 Å². The van der Waals surface area contributed by atoms with Crippen LogP contribution in [0.3, 0.4) is 0 Å². The molecule has 1 aliphatic heterocycles. The molecule has 2 aliphatic rings. The van der Waals surface area contributed by atoms with Gasteiger partial charge in [0.1, 0.15) is 5.76 Å². The summed E-state index contributed by atoms with van der Waals surface area (Å²) in [6.07, 6.45) is 5.67. The summed E-state index contributed by atoms with van der Waals surface area (Å²) in [5.41, 5.74) is 6.22. The van der Waals surface area contributed by atoms with Crippen molar-refractivity contribution in [1.29, 1.82) is 0 Å².